The van der Waals surface area contributed by atoms with Crippen LogP contribution in [-0.4, -0.2) is 39.1 Å². The molecule has 8 heteroatoms. The summed E-state index contributed by atoms with van der Waals surface area (Å²) in [5.41, 5.74) is 8.75. The van der Waals surface area contributed by atoms with Crippen molar-refractivity contribution in [2.75, 3.05) is 24.3 Å². The monoisotopic (exact) mass is 403 g/mol. The fourth-order valence-electron chi connectivity index (χ4n) is 2.64. The largest absolute Gasteiger partial charge is 0.463 e. The van der Waals surface area contributed by atoms with Gasteiger partial charge in [0.05, 0.1) is 18.1 Å². The van der Waals surface area contributed by atoms with E-state index in [1.165, 1.54) is 12.4 Å². The van der Waals surface area contributed by atoms with Crippen LogP contribution in [0, 0.1) is 11.8 Å². The molecule has 1 aromatic carbocycles. The maximum atomic E-state index is 12.5. The van der Waals surface area contributed by atoms with E-state index < -0.39 is 0 Å². The number of hydrogen-bond donors (Lipinski definition) is 3. The van der Waals surface area contributed by atoms with Gasteiger partial charge in [0.1, 0.15) is 18.1 Å². The number of carbonyl (C=O) groups excluding carboxylic acids is 1. The van der Waals surface area contributed by atoms with Crippen LogP contribution in [0.25, 0.3) is 0 Å². The molecule has 0 saturated heterocycles. The van der Waals surface area contributed by atoms with Crippen molar-refractivity contribution in [3.63, 3.8) is 0 Å². The lowest BCUT2D eigenvalue weighted by molar-refractivity contribution is 0.0987. The van der Waals surface area contributed by atoms with Crippen LogP contribution in [0.2, 0.25) is 0 Å². The van der Waals surface area contributed by atoms with Crippen LogP contribution in [0.3, 0.4) is 0 Å². The first kappa shape index (κ1) is 20.8. The molecule has 0 saturated carbocycles. The third-order valence-electron chi connectivity index (χ3n) is 4.09. The first-order valence-electron chi connectivity index (χ1n) is 9.22. The molecule has 0 aliphatic rings. The van der Waals surface area contributed by atoms with Gasteiger partial charge in [0.2, 0.25) is 5.88 Å². The molecule has 0 aliphatic heterocycles. The van der Waals surface area contributed by atoms with Crippen LogP contribution >= 0.6 is 0 Å². The van der Waals surface area contributed by atoms with Crippen LogP contribution in [-0.2, 0) is 13.0 Å². The Kier molecular flexibility index (Phi) is 7.30. The maximum absolute atomic E-state index is 12.5. The molecule has 0 fully saturated rings. The van der Waals surface area contributed by atoms with Gasteiger partial charge < -0.3 is 20.9 Å². The van der Waals surface area contributed by atoms with Gasteiger partial charge in [0.25, 0.3) is 0 Å². The molecule has 152 valence electrons. The second kappa shape index (κ2) is 10.5. The Morgan fingerprint density at radius 3 is 2.73 bits per heavy atom. The van der Waals surface area contributed by atoms with Gasteiger partial charge in [-0.15, -0.1) is 0 Å². The van der Waals surface area contributed by atoms with Crippen molar-refractivity contribution in [1.29, 1.82) is 0 Å². The minimum absolute atomic E-state index is 0.0913. The van der Waals surface area contributed by atoms with Crippen LogP contribution in [0.1, 0.15) is 21.6 Å². The third-order valence-corrected chi connectivity index (χ3v) is 4.09. The number of carbonyl (C=O) groups is 1. The smallest absolute Gasteiger partial charge is 0.233 e. The number of Topliss-reactive ketones (excluding diaryl/α,β-unsaturated/α-hetero) is 1. The third kappa shape index (κ3) is 6.02. The number of anilines is 2. The topological polar surface area (TPSA) is 123 Å². The minimum Gasteiger partial charge on any atom is -0.463 e. The highest BCUT2D eigenvalue weighted by Crippen LogP contribution is 2.16. The number of nitrogen functional groups attached to an aromatic ring is 1. The predicted molar refractivity (Wildman–Crippen MR) is 113 cm³/mol. The summed E-state index contributed by atoms with van der Waals surface area (Å²) < 4.78 is 5.26. The van der Waals surface area contributed by atoms with Gasteiger partial charge >= 0.3 is 0 Å². The Labute approximate surface area is 174 Å². The van der Waals surface area contributed by atoms with Crippen molar-refractivity contribution in [2.45, 2.75) is 13.0 Å². The van der Waals surface area contributed by atoms with Gasteiger partial charge in [-0.2, -0.15) is 0 Å². The standard InChI is InChI=1S/C22H21N5O3/c23-22-18(7-4-8-24-22)25-13-17-6-3-5-16(11-17)12-20(29)19-14-27-21(15-26-19)30-10-2-1-9-28/h3-8,11,14-15,25,28H,9-10,12-13H2,(H2,23,24). The Bertz CT molecular complexity index is 1060. The number of pyridine rings is 1. The number of rotatable bonds is 8. The van der Waals surface area contributed by atoms with Gasteiger partial charge in [0, 0.05) is 19.2 Å². The van der Waals surface area contributed by atoms with Crippen molar-refractivity contribution in [3.05, 3.63) is 71.8 Å². The molecule has 30 heavy (non-hydrogen) atoms. The SMILES string of the molecule is Nc1ncccc1NCc1cccc(CC(=O)c2cnc(OCC#CCO)cn2)c1. The average Bonchev–Trinajstić information content (AvgIpc) is 2.77. The van der Waals surface area contributed by atoms with Crippen molar-refractivity contribution in [2.24, 2.45) is 0 Å². The molecule has 2 heterocycles. The number of nitrogens with two attached hydrogens (primary N) is 1. The van der Waals surface area contributed by atoms with E-state index in [2.05, 4.69) is 32.1 Å². The summed E-state index contributed by atoms with van der Waals surface area (Å²) in [6, 6.07) is 11.4. The number of hydrogen-bond acceptors (Lipinski definition) is 8. The average molecular weight is 403 g/mol. The molecule has 0 spiro atoms. The van der Waals surface area contributed by atoms with Crippen molar-refractivity contribution >= 4 is 17.3 Å². The predicted octanol–water partition coefficient (Wildman–Crippen LogP) is 1.87. The van der Waals surface area contributed by atoms with E-state index in [1.807, 2.05) is 36.4 Å². The van der Waals surface area contributed by atoms with E-state index in [0.29, 0.717) is 12.4 Å². The Hall–Kier alpha value is -3.96. The number of nitrogens with zero attached hydrogens (tertiary/aromatic N) is 3. The second-order valence-electron chi connectivity index (χ2n) is 6.25. The first-order chi connectivity index (χ1) is 14.7. The molecule has 3 aromatic rings. The highest BCUT2D eigenvalue weighted by molar-refractivity contribution is 5.95. The highest BCUT2D eigenvalue weighted by Gasteiger charge is 2.10. The van der Waals surface area contributed by atoms with E-state index in [4.69, 9.17) is 15.6 Å². The molecule has 0 aliphatic carbocycles. The molecule has 0 radical (unpaired) electrons. The Morgan fingerprint density at radius 2 is 1.97 bits per heavy atom. The normalized spacial score (nSPS) is 10.0. The summed E-state index contributed by atoms with van der Waals surface area (Å²) in [5, 5.41) is 11.8. The molecule has 0 unspecified atom stereocenters. The molecule has 0 atom stereocenters. The Morgan fingerprint density at radius 1 is 1.10 bits per heavy atom. The lowest BCUT2D eigenvalue weighted by Gasteiger charge is -2.09. The summed E-state index contributed by atoms with van der Waals surface area (Å²) in [5.74, 6) is 5.64. The van der Waals surface area contributed by atoms with Crippen LogP contribution in [0.15, 0.2) is 55.0 Å². The number of ether oxygens (including phenoxy) is 1. The summed E-state index contributed by atoms with van der Waals surface area (Å²) in [6.45, 7) is 0.425. The van der Waals surface area contributed by atoms with Gasteiger partial charge in [0.15, 0.2) is 12.4 Å². The zero-order chi connectivity index (χ0) is 21.2. The van der Waals surface area contributed by atoms with Crippen molar-refractivity contribution < 1.29 is 14.6 Å². The van der Waals surface area contributed by atoms with E-state index in [9.17, 15) is 4.79 Å². The number of aromatic nitrogens is 3. The van der Waals surface area contributed by atoms with Gasteiger partial charge in [-0.1, -0.05) is 36.1 Å². The van der Waals surface area contributed by atoms with E-state index >= 15 is 0 Å². The quantitative estimate of drug-likeness (QED) is 0.385. The van der Waals surface area contributed by atoms with Gasteiger partial charge in [-0.3, -0.25) is 4.79 Å². The Balaban J connectivity index is 1.57. The molecule has 8 nitrogen and oxygen atoms in total. The lowest BCUT2D eigenvalue weighted by Crippen LogP contribution is -2.08. The highest BCUT2D eigenvalue weighted by atomic mass is 16.5. The van der Waals surface area contributed by atoms with Crippen LogP contribution in [0.5, 0.6) is 5.88 Å². The summed E-state index contributed by atoms with van der Waals surface area (Å²) in [4.78, 5) is 24.7. The van der Waals surface area contributed by atoms with Crippen LogP contribution < -0.4 is 15.8 Å². The molecular weight excluding hydrogens is 382 g/mol. The molecular formula is C22H21N5O3. The van der Waals surface area contributed by atoms with E-state index in [0.717, 1.165) is 16.8 Å². The summed E-state index contributed by atoms with van der Waals surface area (Å²) in [6.07, 6.45) is 4.61. The van der Waals surface area contributed by atoms with Crippen LogP contribution in [0.4, 0.5) is 11.5 Å². The zero-order valence-electron chi connectivity index (χ0n) is 16.2. The number of benzene rings is 1. The van der Waals surface area contributed by atoms with Gasteiger partial charge in [-0.05, 0) is 23.3 Å². The fraction of sp³-hybridized carbons (Fsp3) is 0.182. The lowest BCUT2D eigenvalue weighted by atomic mass is 10.0. The maximum Gasteiger partial charge on any atom is 0.233 e. The molecule has 2 aromatic heterocycles. The van der Waals surface area contributed by atoms with E-state index in [-0.39, 0.29) is 37.0 Å². The van der Waals surface area contributed by atoms with Crippen molar-refractivity contribution in [1.82, 2.24) is 15.0 Å². The number of ketones is 1. The molecule has 0 bridgehead atoms. The minimum atomic E-state index is -0.225. The number of nitrogens with one attached hydrogen (secondary N) is 1. The summed E-state index contributed by atoms with van der Waals surface area (Å²) >= 11 is 0. The molecule has 3 rings (SSSR count). The zero-order valence-corrected chi connectivity index (χ0v) is 16.2. The van der Waals surface area contributed by atoms with Gasteiger partial charge in [-0.25, -0.2) is 15.0 Å². The molecule has 4 N–H and O–H groups in total. The fourth-order valence-corrected chi connectivity index (χ4v) is 2.64. The molecule has 0 amide bonds. The van der Waals surface area contributed by atoms with E-state index in [1.54, 1.807) is 6.20 Å². The van der Waals surface area contributed by atoms with Crippen molar-refractivity contribution in [3.8, 4) is 17.7 Å². The summed E-state index contributed by atoms with van der Waals surface area (Å²) in [7, 11) is 0. The second-order valence-corrected chi connectivity index (χ2v) is 6.25. The number of aliphatic hydroxyl groups is 1. The first-order valence-corrected chi connectivity index (χ1v) is 9.22. The number of aliphatic hydroxyl groups excluding tert-OH is 1.